The second-order valence-corrected chi connectivity index (χ2v) is 18.3. The fourth-order valence-electron chi connectivity index (χ4n) is 6.45. The van der Waals surface area contributed by atoms with E-state index in [4.69, 9.17) is 0 Å². The van der Waals surface area contributed by atoms with Gasteiger partial charge in [0.15, 0.2) is 0 Å². The standard InChI is InChI=1S/C16H21FN2O.C15H21N3O.C15H20N2O2/c1-10-5-8-14(15(20)18-10)19-11-6-7-13(17)12(9-11)16(2,3)4;1-10-5-6-12(14(19)17-10)18-11-7-8-16-13(9-11)15(2,3)4;1-15(2,3)10-5-4-6-11(9-10)16-12-7-8-13(18)17-14(12)19/h6-7,9,14,19H,1,5,8H2,2-4H3,(H,18,20);7-9,12H,1,5-6H2,2-4H3,(H,16,18)(H,17,19);4-6,9,12,16H,7-8H2,1-3H3,(H,17,18,19). The number of carbonyl (C=O) groups is 4. The molecule has 6 rings (SSSR count). The van der Waals surface area contributed by atoms with Crippen LogP contribution >= 0.6 is 0 Å². The summed E-state index contributed by atoms with van der Waals surface area (Å²) in [7, 11) is 0. The minimum absolute atomic E-state index is 0.000793. The molecule has 1 aromatic heterocycles. The highest BCUT2D eigenvalue weighted by atomic mass is 19.1. The Kier molecular flexibility index (Phi) is 14.7. The Labute approximate surface area is 343 Å². The molecule has 0 radical (unpaired) electrons. The smallest absolute Gasteiger partial charge is 0.249 e. The van der Waals surface area contributed by atoms with E-state index in [1.807, 2.05) is 45.0 Å². The van der Waals surface area contributed by atoms with Gasteiger partial charge in [-0.3, -0.25) is 29.5 Å². The maximum atomic E-state index is 13.9. The molecule has 312 valence electrons. The predicted molar refractivity (Wildman–Crippen MR) is 231 cm³/mol. The van der Waals surface area contributed by atoms with Crippen LogP contribution in [-0.2, 0) is 35.4 Å². The Morgan fingerprint density at radius 1 is 0.603 bits per heavy atom. The van der Waals surface area contributed by atoms with Gasteiger partial charge in [-0.25, -0.2) is 4.39 Å². The zero-order valence-corrected chi connectivity index (χ0v) is 35.6. The van der Waals surface area contributed by atoms with Gasteiger partial charge in [0.25, 0.3) is 0 Å². The van der Waals surface area contributed by atoms with E-state index >= 15 is 0 Å². The Balaban J connectivity index is 0.000000193. The molecular formula is C46H62FN7O4. The molecule has 3 aliphatic rings. The van der Waals surface area contributed by atoms with E-state index < -0.39 is 0 Å². The Morgan fingerprint density at radius 3 is 1.59 bits per heavy atom. The van der Waals surface area contributed by atoms with Crippen molar-refractivity contribution < 1.29 is 23.6 Å². The molecule has 0 saturated carbocycles. The number of rotatable bonds is 6. The van der Waals surface area contributed by atoms with Gasteiger partial charge in [-0.15, -0.1) is 0 Å². The van der Waals surface area contributed by atoms with Crippen LogP contribution in [0.2, 0.25) is 0 Å². The molecule has 12 heteroatoms. The number of hydrogen-bond acceptors (Lipinski definition) is 8. The Morgan fingerprint density at radius 2 is 1.10 bits per heavy atom. The van der Waals surface area contributed by atoms with Gasteiger partial charge >= 0.3 is 0 Å². The van der Waals surface area contributed by atoms with Crippen molar-refractivity contribution in [3.63, 3.8) is 0 Å². The summed E-state index contributed by atoms with van der Waals surface area (Å²) in [5.74, 6) is -0.735. The summed E-state index contributed by atoms with van der Waals surface area (Å²) < 4.78 is 13.9. The van der Waals surface area contributed by atoms with Crippen molar-refractivity contribution >= 4 is 40.7 Å². The lowest BCUT2D eigenvalue weighted by atomic mass is 9.86. The van der Waals surface area contributed by atoms with Gasteiger partial charge in [-0.05, 0) is 96.5 Å². The molecule has 0 aliphatic carbocycles. The third-order valence-corrected chi connectivity index (χ3v) is 10.00. The highest BCUT2D eigenvalue weighted by Crippen LogP contribution is 2.29. The number of amides is 4. The number of halogens is 1. The molecular weight excluding hydrogens is 734 g/mol. The number of anilines is 3. The number of piperidine rings is 3. The predicted octanol–water partition coefficient (Wildman–Crippen LogP) is 8.11. The van der Waals surface area contributed by atoms with Crippen molar-refractivity contribution in [3.05, 3.63) is 108 Å². The van der Waals surface area contributed by atoms with Crippen LogP contribution < -0.4 is 31.9 Å². The van der Waals surface area contributed by atoms with Crippen LogP contribution in [0, 0.1) is 5.82 Å². The van der Waals surface area contributed by atoms with Crippen molar-refractivity contribution in [2.24, 2.45) is 0 Å². The largest absolute Gasteiger partial charge is 0.374 e. The highest BCUT2D eigenvalue weighted by Gasteiger charge is 2.28. The SMILES string of the molecule is C=C1CCC(Nc2ccc(F)c(C(C)(C)C)c2)C(=O)N1.C=C1CCC(Nc2ccnc(C(C)(C)C)c2)C(=O)N1.CC(C)(C)c1cccc(NC2CCC(=O)NC2=O)c1. The molecule has 3 atom stereocenters. The molecule has 0 bridgehead atoms. The first kappa shape index (κ1) is 45.2. The lowest BCUT2D eigenvalue weighted by Gasteiger charge is -2.26. The van der Waals surface area contributed by atoms with Gasteiger partial charge in [0.2, 0.25) is 23.6 Å². The van der Waals surface area contributed by atoms with Crippen molar-refractivity contribution in [1.82, 2.24) is 20.9 Å². The second-order valence-electron chi connectivity index (χ2n) is 18.3. The minimum atomic E-state index is -0.326. The average Bonchev–Trinajstić information content (AvgIpc) is 3.12. The third-order valence-electron chi connectivity index (χ3n) is 10.00. The Bertz CT molecular complexity index is 1910. The molecule has 58 heavy (non-hydrogen) atoms. The number of hydrogen-bond donors (Lipinski definition) is 6. The van der Waals surface area contributed by atoms with Crippen LogP contribution in [0.25, 0.3) is 0 Å². The van der Waals surface area contributed by atoms with Gasteiger partial charge in [0.05, 0.1) is 0 Å². The topological polar surface area (TPSA) is 153 Å². The molecule has 3 unspecified atom stereocenters. The monoisotopic (exact) mass is 795 g/mol. The normalized spacial score (nSPS) is 19.9. The molecule has 4 amide bonds. The first-order valence-electron chi connectivity index (χ1n) is 20.0. The maximum absolute atomic E-state index is 13.9. The Hall–Kier alpha value is -5.52. The van der Waals surface area contributed by atoms with Crippen LogP contribution in [0.3, 0.4) is 0 Å². The van der Waals surface area contributed by atoms with Gasteiger partial charge < -0.3 is 26.6 Å². The van der Waals surface area contributed by atoms with E-state index in [2.05, 4.69) is 104 Å². The van der Waals surface area contributed by atoms with E-state index in [9.17, 15) is 23.6 Å². The number of nitrogens with one attached hydrogen (secondary N) is 6. The van der Waals surface area contributed by atoms with Crippen LogP contribution in [0.5, 0.6) is 0 Å². The minimum Gasteiger partial charge on any atom is -0.374 e. The zero-order chi connectivity index (χ0) is 43.0. The fourth-order valence-corrected chi connectivity index (χ4v) is 6.45. The van der Waals surface area contributed by atoms with Crippen LogP contribution in [0.15, 0.2) is 85.3 Å². The maximum Gasteiger partial charge on any atom is 0.249 e. The summed E-state index contributed by atoms with van der Waals surface area (Å²) in [6.07, 6.45) is 5.78. The molecule has 6 N–H and O–H groups in total. The molecule has 3 saturated heterocycles. The molecule has 3 aliphatic heterocycles. The van der Waals surface area contributed by atoms with Gasteiger partial charge in [0, 0.05) is 52.2 Å². The highest BCUT2D eigenvalue weighted by molar-refractivity contribution is 6.01. The van der Waals surface area contributed by atoms with E-state index in [1.165, 1.54) is 11.6 Å². The van der Waals surface area contributed by atoms with Crippen molar-refractivity contribution in [3.8, 4) is 0 Å². The van der Waals surface area contributed by atoms with Crippen molar-refractivity contribution in [2.75, 3.05) is 16.0 Å². The molecule has 3 fully saturated rings. The molecule has 11 nitrogen and oxygen atoms in total. The average molecular weight is 796 g/mol. The van der Waals surface area contributed by atoms with Crippen LogP contribution in [0.1, 0.15) is 118 Å². The van der Waals surface area contributed by atoms with Crippen LogP contribution in [0.4, 0.5) is 21.5 Å². The number of aromatic nitrogens is 1. The lowest BCUT2D eigenvalue weighted by Crippen LogP contribution is -2.47. The first-order valence-corrected chi connectivity index (χ1v) is 20.0. The lowest BCUT2D eigenvalue weighted by molar-refractivity contribution is -0.133. The number of imide groups is 1. The number of pyridine rings is 1. The molecule has 4 heterocycles. The first-order chi connectivity index (χ1) is 27.0. The summed E-state index contributed by atoms with van der Waals surface area (Å²) in [5, 5.41) is 17.5. The fraction of sp³-hybridized carbons (Fsp3) is 0.457. The van der Waals surface area contributed by atoms with Gasteiger partial charge in [-0.2, -0.15) is 0 Å². The number of benzene rings is 2. The number of allylic oxidation sites excluding steroid dienone is 2. The number of carbonyl (C=O) groups excluding carboxylic acids is 4. The summed E-state index contributed by atoms with van der Waals surface area (Å²) in [6, 6.07) is 16.1. The summed E-state index contributed by atoms with van der Waals surface area (Å²) in [5.41, 5.74) is 6.84. The molecule has 3 aromatic rings. The van der Waals surface area contributed by atoms with E-state index in [-0.39, 0.29) is 63.8 Å². The molecule has 2 aromatic carbocycles. The van der Waals surface area contributed by atoms with Crippen LogP contribution in [-0.4, -0.2) is 46.7 Å². The number of nitrogens with zero attached hydrogens (tertiary/aromatic N) is 1. The van der Waals surface area contributed by atoms with E-state index in [1.54, 1.807) is 18.3 Å². The molecule has 0 spiro atoms. The second kappa shape index (κ2) is 18.8. The summed E-state index contributed by atoms with van der Waals surface area (Å²) in [6.45, 7) is 26.2. The zero-order valence-electron chi connectivity index (χ0n) is 35.6. The quantitative estimate of drug-likeness (QED) is 0.137. The van der Waals surface area contributed by atoms with E-state index in [0.717, 1.165) is 53.4 Å². The third kappa shape index (κ3) is 13.3. The van der Waals surface area contributed by atoms with E-state index in [0.29, 0.717) is 24.8 Å². The summed E-state index contributed by atoms with van der Waals surface area (Å²) >= 11 is 0. The summed E-state index contributed by atoms with van der Waals surface area (Å²) in [4.78, 5) is 50.9. The van der Waals surface area contributed by atoms with Crippen molar-refractivity contribution in [2.45, 2.75) is 135 Å². The van der Waals surface area contributed by atoms with Crippen molar-refractivity contribution in [1.29, 1.82) is 0 Å². The van der Waals surface area contributed by atoms with Gasteiger partial charge in [0.1, 0.15) is 23.9 Å². The van der Waals surface area contributed by atoms with Gasteiger partial charge in [-0.1, -0.05) is 87.6 Å².